The second kappa shape index (κ2) is 14.0. The average Bonchev–Trinajstić information content (AvgIpc) is 2.48. The van der Waals surface area contributed by atoms with Crippen LogP contribution in [0.25, 0.3) is 0 Å². The Morgan fingerprint density at radius 1 is 1.32 bits per heavy atom. The Labute approximate surface area is 151 Å². The molecule has 0 radical (unpaired) electrons. The van der Waals surface area contributed by atoms with Gasteiger partial charge in [-0.25, -0.2) is 0 Å². The number of hydrogen-bond donors (Lipinski definition) is 3. The highest BCUT2D eigenvalue weighted by molar-refractivity contribution is 14.0. The third-order valence-electron chi connectivity index (χ3n) is 3.56. The van der Waals surface area contributed by atoms with E-state index in [0.29, 0.717) is 38.1 Å². The molecule has 1 aliphatic rings. The molecule has 6 nitrogen and oxygen atoms in total. The van der Waals surface area contributed by atoms with Crippen molar-refractivity contribution in [1.82, 2.24) is 10.6 Å². The number of nitrogens with one attached hydrogen (secondary N) is 2. The standard InChI is InChI=1S/C15H30N4O2.HI/c1-2-21-12-6-10-17-15(16)18-11-9-14(20)19-13-7-4-3-5-8-13;/h13H,2-12H2,1H3,(H,19,20)(H3,16,17,18);1H. The number of rotatable bonds is 9. The molecule has 0 heterocycles. The van der Waals surface area contributed by atoms with Crippen LogP contribution in [0, 0.1) is 0 Å². The quantitative estimate of drug-likeness (QED) is 0.227. The predicted octanol–water partition coefficient (Wildman–Crippen LogP) is 1.77. The number of aliphatic imine (C=N–C) groups is 1. The third-order valence-corrected chi connectivity index (χ3v) is 3.56. The number of guanidine groups is 1. The molecule has 0 bridgehead atoms. The average molecular weight is 426 g/mol. The molecule has 7 heteroatoms. The molecular weight excluding hydrogens is 395 g/mol. The van der Waals surface area contributed by atoms with Crippen LogP contribution in [0.1, 0.15) is 51.9 Å². The van der Waals surface area contributed by atoms with Gasteiger partial charge in [-0.2, -0.15) is 0 Å². The molecule has 1 saturated carbocycles. The van der Waals surface area contributed by atoms with Crippen LogP contribution in [0.3, 0.4) is 0 Å². The normalized spacial score (nSPS) is 16.0. The first kappa shape index (κ1) is 21.4. The minimum absolute atomic E-state index is 0. The first-order chi connectivity index (χ1) is 10.2. The molecule has 0 saturated heterocycles. The maximum atomic E-state index is 11.8. The summed E-state index contributed by atoms with van der Waals surface area (Å²) < 4.78 is 5.22. The summed E-state index contributed by atoms with van der Waals surface area (Å²) in [7, 11) is 0. The van der Waals surface area contributed by atoms with Gasteiger partial charge in [0.05, 0.1) is 0 Å². The molecule has 0 atom stereocenters. The summed E-state index contributed by atoms with van der Waals surface area (Å²) in [5.74, 6) is 0.496. The zero-order valence-electron chi connectivity index (χ0n) is 13.6. The summed E-state index contributed by atoms with van der Waals surface area (Å²) in [6.07, 6.45) is 7.27. The lowest BCUT2D eigenvalue weighted by Gasteiger charge is -2.22. The first-order valence-electron chi connectivity index (χ1n) is 8.13. The molecule has 0 unspecified atom stereocenters. The van der Waals surface area contributed by atoms with E-state index in [1.807, 2.05) is 6.92 Å². The Bertz CT molecular complexity index is 321. The molecule has 0 spiro atoms. The van der Waals surface area contributed by atoms with E-state index in [4.69, 9.17) is 10.5 Å². The van der Waals surface area contributed by atoms with E-state index in [0.717, 1.165) is 25.9 Å². The number of amides is 1. The van der Waals surface area contributed by atoms with Crippen molar-refractivity contribution in [3.8, 4) is 0 Å². The van der Waals surface area contributed by atoms with Gasteiger partial charge in [0.15, 0.2) is 5.96 Å². The Morgan fingerprint density at radius 3 is 2.73 bits per heavy atom. The van der Waals surface area contributed by atoms with Crippen molar-refractivity contribution in [2.45, 2.75) is 57.9 Å². The van der Waals surface area contributed by atoms with Gasteiger partial charge in [0, 0.05) is 38.8 Å². The van der Waals surface area contributed by atoms with Crippen LogP contribution in [-0.4, -0.2) is 44.2 Å². The molecule has 22 heavy (non-hydrogen) atoms. The van der Waals surface area contributed by atoms with Crippen molar-refractivity contribution < 1.29 is 9.53 Å². The van der Waals surface area contributed by atoms with Crippen LogP contribution < -0.4 is 16.4 Å². The van der Waals surface area contributed by atoms with Gasteiger partial charge < -0.3 is 21.1 Å². The van der Waals surface area contributed by atoms with Gasteiger partial charge in [0.25, 0.3) is 0 Å². The molecule has 4 N–H and O–H groups in total. The van der Waals surface area contributed by atoms with Crippen LogP contribution in [0.5, 0.6) is 0 Å². The van der Waals surface area contributed by atoms with Crippen molar-refractivity contribution in [2.75, 3.05) is 26.3 Å². The van der Waals surface area contributed by atoms with Crippen LogP contribution in [0.4, 0.5) is 0 Å². The summed E-state index contributed by atoms with van der Waals surface area (Å²) in [5.41, 5.74) is 5.73. The number of halogens is 1. The minimum Gasteiger partial charge on any atom is -0.382 e. The van der Waals surface area contributed by atoms with Crippen molar-refractivity contribution >= 4 is 35.8 Å². The van der Waals surface area contributed by atoms with Gasteiger partial charge in [0.2, 0.25) is 5.91 Å². The van der Waals surface area contributed by atoms with Gasteiger partial charge in [-0.3, -0.25) is 9.79 Å². The largest absolute Gasteiger partial charge is 0.382 e. The predicted molar refractivity (Wildman–Crippen MR) is 101 cm³/mol. The lowest BCUT2D eigenvalue weighted by Crippen LogP contribution is -2.39. The maximum Gasteiger partial charge on any atom is 0.221 e. The van der Waals surface area contributed by atoms with E-state index < -0.39 is 0 Å². The molecule has 0 aromatic rings. The van der Waals surface area contributed by atoms with E-state index in [9.17, 15) is 4.79 Å². The number of ether oxygens (including phenoxy) is 1. The second-order valence-corrected chi connectivity index (χ2v) is 5.40. The van der Waals surface area contributed by atoms with Crippen LogP contribution in [0.2, 0.25) is 0 Å². The zero-order valence-corrected chi connectivity index (χ0v) is 15.9. The second-order valence-electron chi connectivity index (χ2n) is 5.40. The molecule has 130 valence electrons. The van der Waals surface area contributed by atoms with Crippen LogP contribution >= 0.6 is 24.0 Å². The Kier molecular flexibility index (Phi) is 13.7. The van der Waals surface area contributed by atoms with E-state index >= 15 is 0 Å². The monoisotopic (exact) mass is 426 g/mol. The fourth-order valence-electron chi connectivity index (χ4n) is 2.42. The molecule has 1 amide bonds. The lowest BCUT2D eigenvalue weighted by molar-refractivity contribution is -0.121. The smallest absolute Gasteiger partial charge is 0.221 e. The van der Waals surface area contributed by atoms with Gasteiger partial charge in [-0.15, -0.1) is 24.0 Å². The summed E-state index contributed by atoms with van der Waals surface area (Å²) >= 11 is 0. The highest BCUT2D eigenvalue weighted by Crippen LogP contribution is 2.17. The number of hydrogen-bond acceptors (Lipinski definition) is 3. The molecule has 0 aromatic carbocycles. The van der Waals surface area contributed by atoms with Crippen LogP contribution in [0.15, 0.2) is 4.99 Å². The molecule has 0 aromatic heterocycles. The maximum absolute atomic E-state index is 11.8. The molecule has 1 rings (SSSR count). The SMILES string of the molecule is CCOCCCN=C(N)NCCC(=O)NC1CCCCC1.I. The summed E-state index contributed by atoms with van der Waals surface area (Å²) in [6.45, 7) is 4.58. The number of carbonyl (C=O) groups excluding carboxylic acids is 1. The fourth-order valence-corrected chi connectivity index (χ4v) is 2.42. The third kappa shape index (κ3) is 11.1. The van der Waals surface area contributed by atoms with Gasteiger partial charge in [0.1, 0.15) is 0 Å². The first-order valence-corrected chi connectivity index (χ1v) is 8.13. The van der Waals surface area contributed by atoms with Crippen molar-refractivity contribution in [2.24, 2.45) is 10.7 Å². The highest BCUT2D eigenvalue weighted by Gasteiger charge is 2.15. The van der Waals surface area contributed by atoms with Gasteiger partial charge >= 0.3 is 0 Å². The van der Waals surface area contributed by atoms with Gasteiger partial charge in [-0.05, 0) is 26.2 Å². The van der Waals surface area contributed by atoms with Crippen molar-refractivity contribution in [3.05, 3.63) is 0 Å². The fraction of sp³-hybridized carbons (Fsp3) is 0.867. The van der Waals surface area contributed by atoms with E-state index in [2.05, 4.69) is 15.6 Å². The number of nitrogens with zero attached hydrogens (tertiary/aromatic N) is 1. The summed E-state index contributed by atoms with van der Waals surface area (Å²) in [5, 5.41) is 6.05. The molecule has 1 aliphatic carbocycles. The van der Waals surface area contributed by atoms with Crippen molar-refractivity contribution in [1.29, 1.82) is 0 Å². The van der Waals surface area contributed by atoms with Crippen LogP contribution in [-0.2, 0) is 9.53 Å². The summed E-state index contributed by atoms with van der Waals surface area (Å²) in [4.78, 5) is 16.0. The topological polar surface area (TPSA) is 88.7 Å². The number of nitrogens with two attached hydrogens (primary N) is 1. The minimum atomic E-state index is 0. The van der Waals surface area contributed by atoms with E-state index in [-0.39, 0.29) is 29.9 Å². The van der Waals surface area contributed by atoms with Crippen molar-refractivity contribution in [3.63, 3.8) is 0 Å². The Hall–Kier alpha value is -0.570. The Morgan fingerprint density at radius 2 is 2.05 bits per heavy atom. The molecule has 0 aliphatic heterocycles. The lowest BCUT2D eigenvalue weighted by atomic mass is 9.95. The molecular formula is C15H31IN4O2. The number of carbonyl (C=O) groups is 1. The highest BCUT2D eigenvalue weighted by atomic mass is 127. The zero-order chi connectivity index (χ0) is 15.3. The van der Waals surface area contributed by atoms with E-state index in [1.165, 1.54) is 19.3 Å². The van der Waals surface area contributed by atoms with E-state index in [1.54, 1.807) is 0 Å². The Balaban J connectivity index is 0.00000441. The van der Waals surface area contributed by atoms with Gasteiger partial charge in [-0.1, -0.05) is 19.3 Å². The molecule has 1 fully saturated rings. The summed E-state index contributed by atoms with van der Waals surface area (Å²) in [6, 6.07) is 0.371.